The molecular formula is C12H14ClN3O. The first-order valence-electron chi connectivity index (χ1n) is 5.41. The first-order chi connectivity index (χ1) is 8.06. The number of nitrogens with zero attached hydrogens (tertiary/aromatic N) is 2. The second kappa shape index (κ2) is 6.21. The Morgan fingerprint density at radius 3 is 2.88 bits per heavy atom. The fourth-order valence-electron chi connectivity index (χ4n) is 1.46. The van der Waals surface area contributed by atoms with E-state index in [1.807, 2.05) is 6.92 Å². The molecule has 1 N–H and O–H groups in total. The highest BCUT2D eigenvalue weighted by atomic mass is 35.5. The van der Waals surface area contributed by atoms with E-state index in [0.717, 1.165) is 6.42 Å². The molecule has 0 bridgehead atoms. The Bertz CT molecular complexity index is 433. The van der Waals surface area contributed by atoms with E-state index in [9.17, 15) is 4.79 Å². The fraction of sp³-hybridized carbons (Fsp3) is 0.417. The van der Waals surface area contributed by atoms with E-state index in [2.05, 4.69) is 16.4 Å². The van der Waals surface area contributed by atoms with Crippen LogP contribution in [0.5, 0.6) is 0 Å². The molecule has 0 spiro atoms. The molecule has 1 unspecified atom stereocenters. The molecule has 0 aromatic carbocycles. The molecule has 4 nitrogen and oxygen atoms in total. The fourth-order valence-corrected chi connectivity index (χ4v) is 1.71. The summed E-state index contributed by atoms with van der Waals surface area (Å²) < 4.78 is 0. The van der Waals surface area contributed by atoms with Crippen LogP contribution in [0.15, 0.2) is 12.1 Å². The monoisotopic (exact) mass is 251 g/mol. The lowest BCUT2D eigenvalue weighted by Crippen LogP contribution is -2.33. The standard InChI is InChI=1S/C12H14ClN3O/c1-3-4-10(7-14)16-12(17)9-5-8(2)15-11(13)6-9/h5-6,10H,3-4H2,1-2H3,(H,16,17). The molecule has 5 heteroatoms. The summed E-state index contributed by atoms with van der Waals surface area (Å²) in [5, 5.41) is 11.8. The van der Waals surface area contributed by atoms with Crippen LogP contribution in [0.4, 0.5) is 0 Å². The van der Waals surface area contributed by atoms with Crippen LogP contribution in [0.2, 0.25) is 5.15 Å². The summed E-state index contributed by atoms with van der Waals surface area (Å²) in [7, 11) is 0. The van der Waals surface area contributed by atoms with Gasteiger partial charge in [0, 0.05) is 11.3 Å². The van der Waals surface area contributed by atoms with Crippen LogP contribution in [0.25, 0.3) is 0 Å². The number of carbonyl (C=O) groups excluding carboxylic acids is 1. The number of halogens is 1. The molecule has 0 aliphatic heterocycles. The average Bonchev–Trinajstić information content (AvgIpc) is 2.27. The van der Waals surface area contributed by atoms with Crippen molar-refractivity contribution in [1.29, 1.82) is 5.26 Å². The number of rotatable bonds is 4. The summed E-state index contributed by atoms with van der Waals surface area (Å²) in [6.07, 6.45) is 1.48. The van der Waals surface area contributed by atoms with Gasteiger partial charge in [0.25, 0.3) is 5.91 Å². The highest BCUT2D eigenvalue weighted by Crippen LogP contribution is 2.10. The molecule has 17 heavy (non-hydrogen) atoms. The normalized spacial score (nSPS) is 11.6. The maximum absolute atomic E-state index is 11.8. The van der Waals surface area contributed by atoms with E-state index in [4.69, 9.17) is 16.9 Å². The van der Waals surface area contributed by atoms with Gasteiger partial charge in [-0.15, -0.1) is 0 Å². The molecule has 0 aliphatic rings. The third-order valence-corrected chi connectivity index (χ3v) is 2.42. The minimum absolute atomic E-state index is 0.277. The van der Waals surface area contributed by atoms with E-state index >= 15 is 0 Å². The molecule has 1 aromatic rings. The first kappa shape index (κ1) is 13.5. The van der Waals surface area contributed by atoms with Gasteiger partial charge in [-0.05, 0) is 25.5 Å². The zero-order valence-corrected chi connectivity index (χ0v) is 10.6. The Morgan fingerprint density at radius 1 is 1.65 bits per heavy atom. The largest absolute Gasteiger partial charge is 0.336 e. The smallest absolute Gasteiger partial charge is 0.252 e. The third kappa shape index (κ3) is 4.04. The van der Waals surface area contributed by atoms with Gasteiger partial charge >= 0.3 is 0 Å². The average molecular weight is 252 g/mol. The van der Waals surface area contributed by atoms with Crippen LogP contribution >= 0.6 is 11.6 Å². The molecule has 1 rings (SSSR count). The van der Waals surface area contributed by atoms with Gasteiger partial charge in [-0.1, -0.05) is 24.9 Å². The third-order valence-electron chi connectivity index (χ3n) is 2.22. The molecule has 1 atom stereocenters. The predicted molar refractivity (Wildman–Crippen MR) is 65.8 cm³/mol. The Kier molecular flexibility index (Phi) is 4.92. The lowest BCUT2D eigenvalue weighted by Gasteiger charge is -2.10. The van der Waals surface area contributed by atoms with Crippen LogP contribution in [-0.2, 0) is 0 Å². The molecule has 0 aliphatic carbocycles. The van der Waals surface area contributed by atoms with E-state index in [0.29, 0.717) is 17.7 Å². The number of aryl methyl sites for hydroxylation is 1. The number of pyridine rings is 1. The maximum atomic E-state index is 11.8. The Hall–Kier alpha value is -1.60. The Balaban J connectivity index is 2.79. The van der Waals surface area contributed by atoms with Crippen LogP contribution in [0, 0.1) is 18.3 Å². The summed E-state index contributed by atoms with van der Waals surface area (Å²) in [6, 6.07) is 4.72. The highest BCUT2D eigenvalue weighted by molar-refractivity contribution is 6.29. The molecule has 0 radical (unpaired) electrons. The van der Waals surface area contributed by atoms with Crippen molar-refractivity contribution in [2.45, 2.75) is 32.7 Å². The summed E-state index contributed by atoms with van der Waals surface area (Å²) >= 11 is 5.77. The maximum Gasteiger partial charge on any atom is 0.252 e. The number of carbonyl (C=O) groups is 1. The molecule has 1 aromatic heterocycles. The van der Waals surface area contributed by atoms with Crippen molar-refractivity contribution in [1.82, 2.24) is 10.3 Å². The van der Waals surface area contributed by atoms with Crippen LogP contribution < -0.4 is 5.32 Å². The van der Waals surface area contributed by atoms with Gasteiger partial charge in [-0.25, -0.2) is 4.98 Å². The lowest BCUT2D eigenvalue weighted by atomic mass is 10.1. The van der Waals surface area contributed by atoms with Crippen LogP contribution in [0.1, 0.15) is 35.8 Å². The van der Waals surface area contributed by atoms with E-state index in [-0.39, 0.29) is 11.1 Å². The van der Waals surface area contributed by atoms with E-state index < -0.39 is 6.04 Å². The topological polar surface area (TPSA) is 65.8 Å². The van der Waals surface area contributed by atoms with Gasteiger partial charge in [0.05, 0.1) is 6.07 Å². The number of aromatic nitrogens is 1. The molecule has 0 saturated carbocycles. The number of nitriles is 1. The predicted octanol–water partition coefficient (Wildman–Crippen LogP) is 2.47. The number of nitrogens with one attached hydrogen (secondary N) is 1. The number of amides is 1. The SMILES string of the molecule is CCCC(C#N)NC(=O)c1cc(C)nc(Cl)c1. The van der Waals surface area contributed by atoms with Crippen molar-refractivity contribution in [3.05, 3.63) is 28.5 Å². The van der Waals surface area contributed by atoms with Gasteiger partial charge < -0.3 is 5.32 Å². The van der Waals surface area contributed by atoms with Gasteiger partial charge in [0.2, 0.25) is 0 Å². The summed E-state index contributed by atoms with van der Waals surface area (Å²) in [6.45, 7) is 3.72. The lowest BCUT2D eigenvalue weighted by molar-refractivity contribution is 0.0943. The van der Waals surface area contributed by atoms with Crippen molar-refractivity contribution >= 4 is 17.5 Å². The second-order valence-corrected chi connectivity index (χ2v) is 4.15. The number of hydrogen-bond donors (Lipinski definition) is 1. The Morgan fingerprint density at radius 2 is 2.35 bits per heavy atom. The van der Waals surface area contributed by atoms with Gasteiger partial charge in [0.15, 0.2) is 0 Å². The zero-order valence-electron chi connectivity index (χ0n) is 9.83. The van der Waals surface area contributed by atoms with Crippen molar-refractivity contribution in [2.75, 3.05) is 0 Å². The summed E-state index contributed by atoms with van der Waals surface area (Å²) in [5.41, 5.74) is 1.10. The zero-order chi connectivity index (χ0) is 12.8. The molecule has 1 heterocycles. The van der Waals surface area contributed by atoms with Crippen LogP contribution in [-0.4, -0.2) is 16.9 Å². The molecule has 0 saturated heterocycles. The van der Waals surface area contributed by atoms with Crippen LogP contribution in [0.3, 0.4) is 0 Å². The number of hydrogen-bond acceptors (Lipinski definition) is 3. The highest BCUT2D eigenvalue weighted by Gasteiger charge is 2.13. The molecule has 0 fully saturated rings. The van der Waals surface area contributed by atoms with E-state index in [1.54, 1.807) is 13.0 Å². The molecule has 1 amide bonds. The van der Waals surface area contributed by atoms with Crippen molar-refractivity contribution in [2.24, 2.45) is 0 Å². The van der Waals surface area contributed by atoms with Gasteiger partial charge in [-0.3, -0.25) is 4.79 Å². The van der Waals surface area contributed by atoms with E-state index in [1.165, 1.54) is 6.07 Å². The quantitative estimate of drug-likeness (QED) is 0.836. The van der Waals surface area contributed by atoms with Crippen molar-refractivity contribution in [3.63, 3.8) is 0 Å². The summed E-state index contributed by atoms with van der Waals surface area (Å²) in [4.78, 5) is 15.8. The van der Waals surface area contributed by atoms with Gasteiger partial charge in [0.1, 0.15) is 11.2 Å². The van der Waals surface area contributed by atoms with Gasteiger partial charge in [-0.2, -0.15) is 5.26 Å². The van der Waals surface area contributed by atoms with Crippen molar-refractivity contribution < 1.29 is 4.79 Å². The molecule has 90 valence electrons. The summed E-state index contributed by atoms with van der Waals surface area (Å²) in [5.74, 6) is -0.294. The van der Waals surface area contributed by atoms with Crippen molar-refractivity contribution in [3.8, 4) is 6.07 Å². The minimum atomic E-state index is -0.459. The Labute approximate surface area is 106 Å². The molecular weight excluding hydrogens is 238 g/mol. The first-order valence-corrected chi connectivity index (χ1v) is 5.79. The minimum Gasteiger partial charge on any atom is -0.336 e. The second-order valence-electron chi connectivity index (χ2n) is 3.76.